The van der Waals surface area contributed by atoms with E-state index in [1.165, 1.54) is 52.2 Å². The third-order valence-corrected chi connectivity index (χ3v) is 6.08. The van der Waals surface area contributed by atoms with Crippen molar-refractivity contribution in [1.29, 1.82) is 0 Å². The van der Waals surface area contributed by atoms with Gasteiger partial charge in [-0.15, -0.1) is 0 Å². The maximum absolute atomic E-state index is 13.4. The summed E-state index contributed by atoms with van der Waals surface area (Å²) in [5.74, 6) is 0. The van der Waals surface area contributed by atoms with Gasteiger partial charge in [0.25, 0.3) is 5.56 Å². The molecule has 182 valence electrons. The highest BCUT2D eigenvalue weighted by atomic mass is 19.4. The average molecular weight is 485 g/mol. The summed E-state index contributed by atoms with van der Waals surface area (Å²) in [6, 6.07) is 8.59. The summed E-state index contributed by atoms with van der Waals surface area (Å²) in [6.07, 6.45) is -1.96. The van der Waals surface area contributed by atoms with Gasteiger partial charge in [-0.3, -0.25) is 28.1 Å². The van der Waals surface area contributed by atoms with Crippen molar-refractivity contribution in [2.24, 2.45) is 19.1 Å². The van der Waals surface area contributed by atoms with Crippen LogP contribution < -0.4 is 16.9 Å². The summed E-state index contributed by atoms with van der Waals surface area (Å²) >= 11 is 0. The summed E-state index contributed by atoms with van der Waals surface area (Å²) in [4.78, 5) is 42.6. The van der Waals surface area contributed by atoms with Gasteiger partial charge in [0.1, 0.15) is 0 Å². The number of rotatable bonds is 4. The predicted octanol–water partition coefficient (Wildman–Crippen LogP) is 2.61. The highest BCUT2D eigenvalue weighted by Crippen LogP contribution is 2.33. The van der Waals surface area contributed by atoms with Crippen LogP contribution in [0.3, 0.4) is 0 Å². The number of imidazole rings is 1. The van der Waals surface area contributed by atoms with Crippen molar-refractivity contribution in [1.82, 2.24) is 18.3 Å². The van der Waals surface area contributed by atoms with Crippen LogP contribution in [0, 0.1) is 6.92 Å². The van der Waals surface area contributed by atoms with Crippen molar-refractivity contribution in [2.75, 3.05) is 7.05 Å². The highest BCUT2D eigenvalue weighted by molar-refractivity contribution is 5.80. The van der Waals surface area contributed by atoms with Gasteiger partial charge in [-0.05, 0) is 42.3 Å². The molecule has 4 rings (SSSR count). The van der Waals surface area contributed by atoms with Crippen LogP contribution in [0.2, 0.25) is 0 Å². The first kappa shape index (κ1) is 24.0. The first-order valence-corrected chi connectivity index (χ1v) is 10.6. The Hall–Kier alpha value is -4.15. The largest absolute Gasteiger partial charge is 0.416 e. The molecule has 8 nitrogen and oxygen atoms in total. The van der Waals surface area contributed by atoms with E-state index < -0.39 is 23.0 Å². The summed E-state index contributed by atoms with van der Waals surface area (Å²) in [7, 11) is 4.69. The van der Waals surface area contributed by atoms with Gasteiger partial charge in [-0.25, -0.2) is 9.59 Å². The molecule has 0 aliphatic rings. The molecule has 2 heterocycles. The Bertz CT molecular complexity index is 1670. The van der Waals surface area contributed by atoms with E-state index in [4.69, 9.17) is 0 Å². The Labute approximate surface area is 196 Å². The number of fused-ring (bicyclic) bond motifs is 1. The van der Waals surface area contributed by atoms with Gasteiger partial charge in [-0.2, -0.15) is 13.2 Å². The van der Waals surface area contributed by atoms with Gasteiger partial charge in [-0.1, -0.05) is 12.1 Å². The molecule has 0 atom stereocenters. The highest BCUT2D eigenvalue weighted by Gasteiger charge is 2.33. The number of halogens is 3. The van der Waals surface area contributed by atoms with Crippen LogP contribution in [0.25, 0.3) is 16.7 Å². The van der Waals surface area contributed by atoms with Gasteiger partial charge in [0.05, 0.1) is 34.4 Å². The van der Waals surface area contributed by atoms with Crippen molar-refractivity contribution in [3.63, 3.8) is 0 Å². The van der Waals surface area contributed by atoms with Crippen molar-refractivity contribution >= 4 is 17.2 Å². The number of nitrogens with zero attached hydrogens (tertiary/aromatic N) is 5. The van der Waals surface area contributed by atoms with E-state index in [0.29, 0.717) is 16.7 Å². The summed E-state index contributed by atoms with van der Waals surface area (Å²) < 4.78 is 45.2. The third kappa shape index (κ3) is 4.02. The first-order valence-electron chi connectivity index (χ1n) is 10.6. The molecule has 4 aromatic rings. The monoisotopic (exact) mass is 485 g/mol. The number of hydrogen-bond acceptors (Lipinski definition) is 4. The standard InChI is InChI=1S/C24H22F3N5O3/c1-14-15(6-5-7-18(14)24(25,26)27)12-32-21(33)16(11-28-2)13-31(23(32)35)17-8-9-19-20(10-17)30(4)22(34)29(19)3/h5-11,13H,12H2,1-4H3. The Morgan fingerprint density at radius 1 is 0.971 bits per heavy atom. The number of hydrogen-bond donors (Lipinski definition) is 0. The first-order chi connectivity index (χ1) is 16.5. The van der Waals surface area contributed by atoms with E-state index in [9.17, 15) is 27.6 Å². The zero-order valence-electron chi connectivity index (χ0n) is 19.4. The molecule has 11 heteroatoms. The fraction of sp³-hybridized carbons (Fsp3) is 0.250. The molecule has 0 bridgehead atoms. The van der Waals surface area contributed by atoms with Crippen LogP contribution >= 0.6 is 0 Å². The van der Waals surface area contributed by atoms with Gasteiger partial charge in [0.2, 0.25) is 0 Å². The van der Waals surface area contributed by atoms with Gasteiger partial charge in [0, 0.05) is 33.6 Å². The normalized spacial score (nSPS) is 12.2. The SMILES string of the molecule is CN=Cc1cn(-c2ccc3c(c2)n(C)c(=O)n3C)c(=O)n(Cc2cccc(C(F)(F)F)c2C)c1=O. The predicted molar refractivity (Wildman–Crippen MR) is 127 cm³/mol. The maximum atomic E-state index is 13.4. The molecule has 0 aliphatic heterocycles. The van der Waals surface area contributed by atoms with E-state index in [2.05, 4.69) is 4.99 Å². The molecule has 0 saturated heterocycles. The molecule has 0 N–H and O–H groups in total. The smallest absolute Gasteiger partial charge is 0.296 e. The minimum Gasteiger partial charge on any atom is -0.296 e. The van der Waals surface area contributed by atoms with Crippen LogP contribution in [0.4, 0.5) is 13.2 Å². The second-order valence-electron chi connectivity index (χ2n) is 8.18. The van der Waals surface area contributed by atoms with E-state index >= 15 is 0 Å². The van der Waals surface area contributed by atoms with Crippen molar-refractivity contribution < 1.29 is 13.2 Å². The molecule has 0 spiro atoms. The molecule has 0 aliphatic carbocycles. The zero-order valence-corrected chi connectivity index (χ0v) is 19.4. The minimum atomic E-state index is -4.57. The number of aliphatic imine (C=N–C) groups is 1. The topological polar surface area (TPSA) is 83.3 Å². The van der Waals surface area contributed by atoms with Gasteiger partial charge < -0.3 is 0 Å². The van der Waals surface area contributed by atoms with Crippen molar-refractivity contribution in [3.8, 4) is 5.69 Å². The molecule has 0 saturated carbocycles. The second kappa shape index (κ2) is 8.57. The molecule has 0 amide bonds. The second-order valence-corrected chi connectivity index (χ2v) is 8.18. The van der Waals surface area contributed by atoms with E-state index in [1.807, 2.05) is 0 Å². The van der Waals surface area contributed by atoms with Crippen LogP contribution in [0.15, 0.2) is 62.0 Å². The van der Waals surface area contributed by atoms with Crippen LogP contribution in [0.5, 0.6) is 0 Å². The average Bonchev–Trinajstić information content (AvgIpc) is 3.02. The van der Waals surface area contributed by atoms with Crippen LogP contribution in [-0.4, -0.2) is 31.5 Å². The molecule has 0 unspecified atom stereocenters. The third-order valence-electron chi connectivity index (χ3n) is 6.08. The Morgan fingerprint density at radius 2 is 1.66 bits per heavy atom. The Kier molecular flexibility index (Phi) is 5.87. The van der Waals surface area contributed by atoms with Crippen molar-refractivity contribution in [3.05, 3.63) is 96.2 Å². The lowest BCUT2D eigenvalue weighted by molar-refractivity contribution is -0.138. The van der Waals surface area contributed by atoms with Gasteiger partial charge in [0.15, 0.2) is 0 Å². The fourth-order valence-corrected chi connectivity index (χ4v) is 4.15. The number of alkyl halides is 3. The van der Waals surface area contributed by atoms with E-state index in [1.54, 1.807) is 32.3 Å². The molecular formula is C24H22F3N5O3. The number of benzene rings is 2. The number of aryl methyl sites for hydroxylation is 2. The summed E-state index contributed by atoms with van der Waals surface area (Å²) in [5, 5.41) is 0. The summed E-state index contributed by atoms with van der Waals surface area (Å²) in [5.41, 5.74) is -0.676. The quantitative estimate of drug-likeness (QED) is 0.417. The van der Waals surface area contributed by atoms with Crippen LogP contribution in [0.1, 0.15) is 22.3 Å². The molecular weight excluding hydrogens is 463 g/mol. The Morgan fingerprint density at radius 3 is 2.31 bits per heavy atom. The van der Waals surface area contributed by atoms with Crippen molar-refractivity contribution in [2.45, 2.75) is 19.6 Å². The van der Waals surface area contributed by atoms with Gasteiger partial charge >= 0.3 is 17.6 Å². The van der Waals surface area contributed by atoms with E-state index in [0.717, 1.165) is 10.6 Å². The van der Waals surface area contributed by atoms with E-state index in [-0.39, 0.29) is 28.9 Å². The minimum absolute atomic E-state index is 0.0619. The summed E-state index contributed by atoms with van der Waals surface area (Å²) in [6.45, 7) is 0.952. The van der Waals surface area contributed by atoms with Crippen LogP contribution in [-0.2, 0) is 26.8 Å². The molecule has 0 fully saturated rings. The Balaban J connectivity index is 1.95. The molecule has 0 radical (unpaired) electrons. The molecule has 2 aromatic heterocycles. The number of aromatic nitrogens is 4. The molecule has 35 heavy (non-hydrogen) atoms. The lowest BCUT2D eigenvalue weighted by Crippen LogP contribution is -2.41. The lowest BCUT2D eigenvalue weighted by Gasteiger charge is -2.16. The fourth-order valence-electron chi connectivity index (χ4n) is 4.15. The lowest BCUT2D eigenvalue weighted by atomic mass is 10.0. The molecule has 2 aromatic carbocycles. The maximum Gasteiger partial charge on any atom is 0.416 e. The zero-order chi connectivity index (χ0) is 25.7.